The maximum atomic E-state index is 13.6. The average molecular weight is 476 g/mol. The van der Waals surface area contributed by atoms with E-state index in [1.54, 1.807) is 19.1 Å². The second-order valence-corrected chi connectivity index (χ2v) is 9.30. The minimum absolute atomic E-state index is 0.0638. The number of hydrogen-bond donors (Lipinski definition) is 0. The van der Waals surface area contributed by atoms with E-state index < -0.39 is 0 Å². The molecule has 0 saturated carbocycles. The van der Waals surface area contributed by atoms with E-state index in [2.05, 4.69) is 17.0 Å². The molecule has 0 aliphatic carbocycles. The molecule has 0 aliphatic heterocycles. The van der Waals surface area contributed by atoms with Crippen molar-refractivity contribution < 1.29 is 14.3 Å². The van der Waals surface area contributed by atoms with Gasteiger partial charge in [-0.05, 0) is 43.8 Å². The van der Waals surface area contributed by atoms with Gasteiger partial charge in [0.2, 0.25) is 0 Å². The Hall–Kier alpha value is -3.42. The highest BCUT2D eigenvalue weighted by molar-refractivity contribution is 7.22. The molecule has 4 rings (SSSR count). The molecule has 3 aromatic carbocycles. The van der Waals surface area contributed by atoms with Gasteiger partial charge in [0.05, 0.1) is 24.4 Å². The third-order valence-corrected chi connectivity index (χ3v) is 6.62. The lowest BCUT2D eigenvalue weighted by Gasteiger charge is -2.22. The van der Waals surface area contributed by atoms with Gasteiger partial charge < -0.3 is 14.4 Å². The van der Waals surface area contributed by atoms with Crippen LogP contribution in [0.15, 0.2) is 66.7 Å². The number of anilines is 1. The van der Waals surface area contributed by atoms with Crippen molar-refractivity contribution in [1.29, 1.82) is 0 Å². The van der Waals surface area contributed by atoms with Crippen molar-refractivity contribution in [1.82, 2.24) is 9.88 Å². The van der Waals surface area contributed by atoms with Crippen LogP contribution in [0.1, 0.15) is 21.5 Å². The van der Waals surface area contributed by atoms with E-state index in [0.29, 0.717) is 28.7 Å². The van der Waals surface area contributed by atoms with Gasteiger partial charge in [0, 0.05) is 30.8 Å². The summed E-state index contributed by atoms with van der Waals surface area (Å²) < 4.78 is 11.8. The van der Waals surface area contributed by atoms with E-state index >= 15 is 0 Å². The van der Waals surface area contributed by atoms with Gasteiger partial charge >= 0.3 is 0 Å². The summed E-state index contributed by atoms with van der Waals surface area (Å²) >= 11 is 1.47. The molecule has 7 heteroatoms. The van der Waals surface area contributed by atoms with Crippen LogP contribution in [0.5, 0.6) is 11.5 Å². The predicted molar refractivity (Wildman–Crippen MR) is 139 cm³/mol. The zero-order valence-corrected chi connectivity index (χ0v) is 20.8. The van der Waals surface area contributed by atoms with Gasteiger partial charge in [-0.3, -0.25) is 9.69 Å². The summed E-state index contributed by atoms with van der Waals surface area (Å²) in [5, 5.41) is 0.658. The lowest BCUT2D eigenvalue weighted by Crippen LogP contribution is -2.36. The zero-order valence-electron chi connectivity index (χ0n) is 19.9. The van der Waals surface area contributed by atoms with Crippen molar-refractivity contribution in [2.45, 2.75) is 6.42 Å². The molecule has 4 aromatic rings. The minimum Gasteiger partial charge on any atom is -0.493 e. The third kappa shape index (κ3) is 5.38. The quantitative estimate of drug-likeness (QED) is 0.337. The van der Waals surface area contributed by atoms with Crippen molar-refractivity contribution in [3.8, 4) is 11.5 Å². The SMILES string of the molecule is COc1cc2nc(N(CCN(C)C)C(=O)c3ccc(Cc4ccccc4)cc3)sc2cc1OC. The molecule has 1 amide bonds. The first kappa shape index (κ1) is 23.7. The van der Waals surface area contributed by atoms with Crippen molar-refractivity contribution >= 4 is 32.6 Å². The van der Waals surface area contributed by atoms with Gasteiger partial charge in [0.1, 0.15) is 0 Å². The lowest BCUT2D eigenvalue weighted by molar-refractivity contribution is 0.0985. The number of hydrogen-bond acceptors (Lipinski definition) is 6. The van der Waals surface area contributed by atoms with E-state index in [0.717, 1.165) is 23.2 Å². The molecule has 1 heterocycles. The smallest absolute Gasteiger partial charge is 0.260 e. The molecule has 6 nitrogen and oxygen atoms in total. The van der Waals surface area contributed by atoms with E-state index in [1.165, 1.54) is 22.5 Å². The molecule has 0 saturated heterocycles. The highest BCUT2D eigenvalue weighted by Crippen LogP contribution is 2.37. The van der Waals surface area contributed by atoms with Gasteiger partial charge in [0.25, 0.3) is 5.91 Å². The number of benzene rings is 3. The number of ether oxygens (including phenoxy) is 2. The maximum absolute atomic E-state index is 13.6. The Kier molecular flexibility index (Phi) is 7.45. The average Bonchev–Trinajstić information content (AvgIpc) is 3.26. The van der Waals surface area contributed by atoms with Crippen LogP contribution in [0.4, 0.5) is 5.13 Å². The number of carbonyl (C=O) groups excluding carboxylic acids is 1. The van der Waals surface area contributed by atoms with E-state index in [4.69, 9.17) is 14.5 Å². The Balaban J connectivity index is 1.62. The normalized spacial score (nSPS) is 11.1. The molecule has 0 fully saturated rings. The molecule has 0 atom stereocenters. The largest absolute Gasteiger partial charge is 0.493 e. The van der Waals surface area contributed by atoms with Gasteiger partial charge in [-0.15, -0.1) is 0 Å². The molecule has 34 heavy (non-hydrogen) atoms. The summed E-state index contributed by atoms with van der Waals surface area (Å²) in [6, 6.07) is 21.9. The number of likely N-dealkylation sites (N-methyl/N-ethyl adjacent to an activating group) is 1. The van der Waals surface area contributed by atoms with E-state index in [-0.39, 0.29) is 5.91 Å². The van der Waals surface area contributed by atoms with Crippen molar-refractivity contribution in [2.75, 3.05) is 46.3 Å². The molecular weight excluding hydrogens is 446 g/mol. The molecule has 0 spiro atoms. The van der Waals surface area contributed by atoms with Crippen molar-refractivity contribution in [2.24, 2.45) is 0 Å². The van der Waals surface area contributed by atoms with Crippen LogP contribution in [0.2, 0.25) is 0 Å². The first-order valence-corrected chi connectivity index (χ1v) is 11.9. The number of carbonyl (C=O) groups is 1. The Morgan fingerprint density at radius 3 is 2.18 bits per heavy atom. The standard InChI is InChI=1S/C27H29N3O3S/c1-29(2)14-15-30(27-28-22-17-23(32-3)24(33-4)18-25(22)34-27)26(31)21-12-10-20(11-13-21)16-19-8-6-5-7-9-19/h5-13,17-18H,14-16H2,1-4H3. The number of nitrogens with zero attached hydrogens (tertiary/aromatic N) is 3. The molecule has 0 radical (unpaired) electrons. The zero-order chi connectivity index (χ0) is 24.1. The summed E-state index contributed by atoms with van der Waals surface area (Å²) in [6.45, 7) is 1.26. The van der Waals surface area contributed by atoms with Gasteiger partial charge in [-0.25, -0.2) is 4.98 Å². The summed E-state index contributed by atoms with van der Waals surface area (Å²) in [6.07, 6.45) is 0.835. The fourth-order valence-corrected chi connectivity index (χ4v) is 4.70. The molecule has 1 aromatic heterocycles. The Morgan fingerprint density at radius 1 is 0.882 bits per heavy atom. The Labute approximate surface area is 204 Å². The first-order valence-electron chi connectivity index (χ1n) is 11.1. The number of amides is 1. The third-order valence-electron chi connectivity index (χ3n) is 5.58. The van der Waals surface area contributed by atoms with Crippen molar-refractivity contribution in [3.63, 3.8) is 0 Å². The molecular formula is C27H29N3O3S. The van der Waals surface area contributed by atoms with E-state index in [1.807, 2.05) is 68.7 Å². The molecule has 0 aliphatic rings. The van der Waals surface area contributed by atoms with Crippen LogP contribution in [0.25, 0.3) is 10.2 Å². The predicted octanol–water partition coefficient (Wildman–Crippen LogP) is 5.11. The number of aromatic nitrogens is 1. The highest BCUT2D eigenvalue weighted by atomic mass is 32.1. The maximum Gasteiger partial charge on any atom is 0.260 e. The topological polar surface area (TPSA) is 54.9 Å². The number of fused-ring (bicyclic) bond motifs is 1. The monoisotopic (exact) mass is 475 g/mol. The highest BCUT2D eigenvalue weighted by Gasteiger charge is 2.22. The van der Waals surface area contributed by atoms with Crippen LogP contribution in [-0.4, -0.2) is 57.2 Å². The summed E-state index contributed by atoms with van der Waals surface area (Å²) in [5.74, 6) is 1.20. The van der Waals surface area contributed by atoms with Crippen LogP contribution in [-0.2, 0) is 6.42 Å². The van der Waals surface area contributed by atoms with Crippen molar-refractivity contribution in [3.05, 3.63) is 83.4 Å². The number of thiazole rings is 1. The Morgan fingerprint density at radius 2 is 1.53 bits per heavy atom. The van der Waals surface area contributed by atoms with Crippen LogP contribution in [0.3, 0.4) is 0 Å². The summed E-state index contributed by atoms with van der Waals surface area (Å²) in [7, 11) is 7.20. The molecule has 0 bridgehead atoms. The second kappa shape index (κ2) is 10.7. The lowest BCUT2D eigenvalue weighted by atomic mass is 10.0. The Bertz CT molecular complexity index is 1210. The van der Waals surface area contributed by atoms with Crippen LogP contribution >= 0.6 is 11.3 Å². The van der Waals surface area contributed by atoms with E-state index in [9.17, 15) is 4.79 Å². The molecule has 0 unspecified atom stereocenters. The van der Waals surface area contributed by atoms with Crippen LogP contribution < -0.4 is 14.4 Å². The first-order chi connectivity index (χ1) is 16.5. The minimum atomic E-state index is -0.0638. The number of methoxy groups -OCH3 is 2. The summed E-state index contributed by atoms with van der Waals surface area (Å²) in [4.78, 5) is 22.2. The van der Waals surface area contributed by atoms with Gasteiger partial charge in [0.15, 0.2) is 16.6 Å². The fourth-order valence-electron chi connectivity index (χ4n) is 3.70. The fraction of sp³-hybridized carbons (Fsp3) is 0.259. The molecule has 176 valence electrons. The number of rotatable bonds is 9. The van der Waals surface area contributed by atoms with Gasteiger partial charge in [-0.1, -0.05) is 53.8 Å². The molecule has 0 N–H and O–H groups in total. The van der Waals surface area contributed by atoms with Gasteiger partial charge in [-0.2, -0.15) is 0 Å². The van der Waals surface area contributed by atoms with Crippen LogP contribution in [0, 0.1) is 0 Å². The summed E-state index contributed by atoms with van der Waals surface area (Å²) in [5.41, 5.74) is 3.83. The second-order valence-electron chi connectivity index (χ2n) is 8.29.